The Morgan fingerprint density at radius 1 is 1.00 bits per heavy atom. The van der Waals surface area contributed by atoms with Gasteiger partial charge in [0.15, 0.2) is 0 Å². The second-order valence-electron chi connectivity index (χ2n) is 4.24. The zero-order valence-corrected chi connectivity index (χ0v) is 9.57. The summed E-state index contributed by atoms with van der Waals surface area (Å²) in [6.45, 7) is 6.58. The molecule has 0 atom stereocenters. The summed E-state index contributed by atoms with van der Waals surface area (Å²) in [6, 6.07) is 13.3. The molecule has 1 aromatic heterocycles. The van der Waals surface area contributed by atoms with Crippen LogP contribution in [0.1, 0.15) is 25.6 Å². The summed E-state index contributed by atoms with van der Waals surface area (Å²) in [5.41, 5.74) is 3.92. The van der Waals surface area contributed by atoms with Gasteiger partial charge in [0, 0.05) is 17.9 Å². The highest BCUT2D eigenvalue weighted by Crippen LogP contribution is 2.23. The van der Waals surface area contributed by atoms with E-state index < -0.39 is 0 Å². The van der Waals surface area contributed by atoms with E-state index in [0.29, 0.717) is 6.04 Å². The lowest BCUT2D eigenvalue weighted by atomic mass is 10.1. The maximum atomic E-state index is 2.31. The van der Waals surface area contributed by atoms with Crippen molar-refractivity contribution < 1.29 is 0 Å². The summed E-state index contributed by atoms with van der Waals surface area (Å²) in [7, 11) is 0. The molecule has 78 valence electrons. The molecular weight excluding hydrogens is 182 g/mol. The van der Waals surface area contributed by atoms with Crippen LogP contribution in [0, 0.1) is 6.92 Å². The van der Waals surface area contributed by atoms with E-state index in [0.717, 1.165) is 0 Å². The maximum Gasteiger partial charge on any atom is 0.0276 e. The van der Waals surface area contributed by atoms with Crippen molar-refractivity contribution in [3.05, 3.63) is 48.3 Å². The standard InChI is InChI=1S/C14H17N/c1-11(2)15-10-14(9-12(15)3)13-7-5-4-6-8-13/h4-11H,1-3H3. The zero-order chi connectivity index (χ0) is 10.8. The van der Waals surface area contributed by atoms with Crippen LogP contribution in [-0.2, 0) is 0 Å². The monoisotopic (exact) mass is 199 g/mol. The maximum absolute atomic E-state index is 2.31. The highest BCUT2D eigenvalue weighted by Gasteiger charge is 2.05. The summed E-state index contributed by atoms with van der Waals surface area (Å²) in [4.78, 5) is 0. The summed E-state index contributed by atoms with van der Waals surface area (Å²) in [5.74, 6) is 0. The Bertz CT molecular complexity index is 438. The molecule has 1 aromatic carbocycles. The predicted octanol–water partition coefficient (Wildman–Crippen LogP) is 4.04. The van der Waals surface area contributed by atoms with E-state index in [-0.39, 0.29) is 0 Å². The van der Waals surface area contributed by atoms with Gasteiger partial charge in [-0.15, -0.1) is 0 Å². The van der Waals surface area contributed by atoms with Crippen molar-refractivity contribution in [1.82, 2.24) is 4.57 Å². The summed E-state index contributed by atoms with van der Waals surface area (Å²) in [6.07, 6.45) is 2.23. The van der Waals surface area contributed by atoms with Crippen LogP contribution < -0.4 is 0 Å². The lowest BCUT2D eigenvalue weighted by molar-refractivity contribution is 0.589. The third-order valence-electron chi connectivity index (χ3n) is 2.71. The van der Waals surface area contributed by atoms with Gasteiger partial charge in [-0.2, -0.15) is 0 Å². The molecule has 0 saturated carbocycles. The molecule has 1 heterocycles. The van der Waals surface area contributed by atoms with Crippen LogP contribution in [0.4, 0.5) is 0 Å². The van der Waals surface area contributed by atoms with Gasteiger partial charge in [-0.3, -0.25) is 0 Å². The van der Waals surface area contributed by atoms with E-state index in [9.17, 15) is 0 Å². The second-order valence-corrected chi connectivity index (χ2v) is 4.24. The molecule has 0 amide bonds. The molecule has 0 unspecified atom stereocenters. The van der Waals surface area contributed by atoms with Gasteiger partial charge in [-0.25, -0.2) is 0 Å². The summed E-state index contributed by atoms with van der Waals surface area (Å²) < 4.78 is 2.31. The molecule has 0 aliphatic rings. The van der Waals surface area contributed by atoms with Crippen LogP contribution in [-0.4, -0.2) is 4.57 Å². The number of hydrogen-bond acceptors (Lipinski definition) is 0. The largest absolute Gasteiger partial charge is 0.349 e. The molecule has 0 radical (unpaired) electrons. The molecule has 0 saturated heterocycles. The molecular formula is C14H17N. The Kier molecular flexibility index (Phi) is 2.63. The van der Waals surface area contributed by atoms with Crippen LogP contribution in [0.3, 0.4) is 0 Å². The third-order valence-corrected chi connectivity index (χ3v) is 2.71. The lowest BCUT2D eigenvalue weighted by Crippen LogP contribution is -1.99. The van der Waals surface area contributed by atoms with Gasteiger partial charge in [0.25, 0.3) is 0 Å². The number of nitrogens with zero attached hydrogens (tertiary/aromatic N) is 1. The molecule has 0 N–H and O–H groups in total. The van der Waals surface area contributed by atoms with Crippen molar-refractivity contribution in [3.63, 3.8) is 0 Å². The molecule has 0 aliphatic heterocycles. The van der Waals surface area contributed by atoms with E-state index in [1.165, 1.54) is 16.8 Å². The summed E-state index contributed by atoms with van der Waals surface area (Å²) in [5, 5.41) is 0. The Balaban J connectivity index is 2.43. The fraction of sp³-hybridized carbons (Fsp3) is 0.286. The number of benzene rings is 1. The Hall–Kier alpha value is -1.50. The van der Waals surface area contributed by atoms with Crippen LogP contribution in [0.2, 0.25) is 0 Å². The Morgan fingerprint density at radius 2 is 1.67 bits per heavy atom. The number of rotatable bonds is 2. The minimum Gasteiger partial charge on any atom is -0.349 e. The van der Waals surface area contributed by atoms with Gasteiger partial charge in [0.05, 0.1) is 0 Å². The van der Waals surface area contributed by atoms with Gasteiger partial charge in [0.1, 0.15) is 0 Å². The van der Waals surface area contributed by atoms with Gasteiger partial charge < -0.3 is 4.57 Å². The fourth-order valence-corrected chi connectivity index (χ4v) is 1.93. The first-order valence-corrected chi connectivity index (χ1v) is 5.42. The van der Waals surface area contributed by atoms with Crippen molar-refractivity contribution in [3.8, 4) is 11.1 Å². The summed E-state index contributed by atoms with van der Waals surface area (Å²) >= 11 is 0. The van der Waals surface area contributed by atoms with Crippen LogP contribution in [0.5, 0.6) is 0 Å². The highest BCUT2D eigenvalue weighted by molar-refractivity contribution is 5.63. The fourth-order valence-electron chi connectivity index (χ4n) is 1.93. The van der Waals surface area contributed by atoms with Crippen molar-refractivity contribution in [2.45, 2.75) is 26.8 Å². The van der Waals surface area contributed by atoms with Crippen molar-refractivity contribution >= 4 is 0 Å². The molecule has 0 aliphatic carbocycles. The average Bonchev–Trinajstić information content (AvgIpc) is 2.62. The number of hydrogen-bond donors (Lipinski definition) is 0. The molecule has 0 fully saturated rings. The zero-order valence-electron chi connectivity index (χ0n) is 9.57. The highest BCUT2D eigenvalue weighted by atomic mass is 15.0. The molecule has 0 spiro atoms. The lowest BCUT2D eigenvalue weighted by Gasteiger charge is -2.09. The van der Waals surface area contributed by atoms with E-state index in [4.69, 9.17) is 0 Å². The van der Waals surface area contributed by atoms with Crippen LogP contribution in [0.25, 0.3) is 11.1 Å². The molecule has 0 bridgehead atoms. The molecule has 1 nitrogen and oxygen atoms in total. The van der Waals surface area contributed by atoms with Crippen molar-refractivity contribution in [2.75, 3.05) is 0 Å². The molecule has 2 aromatic rings. The van der Waals surface area contributed by atoms with Gasteiger partial charge in [-0.05, 0) is 38.0 Å². The van der Waals surface area contributed by atoms with Crippen LogP contribution >= 0.6 is 0 Å². The van der Waals surface area contributed by atoms with E-state index >= 15 is 0 Å². The number of aromatic nitrogens is 1. The minimum absolute atomic E-state index is 0.530. The van der Waals surface area contributed by atoms with Gasteiger partial charge in [-0.1, -0.05) is 30.3 Å². The third kappa shape index (κ3) is 1.96. The molecule has 15 heavy (non-hydrogen) atoms. The van der Waals surface area contributed by atoms with Gasteiger partial charge in [0.2, 0.25) is 0 Å². The first-order valence-electron chi connectivity index (χ1n) is 5.42. The van der Waals surface area contributed by atoms with E-state index in [1.807, 2.05) is 0 Å². The topological polar surface area (TPSA) is 4.93 Å². The predicted molar refractivity (Wildman–Crippen MR) is 65.0 cm³/mol. The normalized spacial score (nSPS) is 10.9. The first-order chi connectivity index (χ1) is 7.18. The Morgan fingerprint density at radius 3 is 2.20 bits per heavy atom. The van der Waals surface area contributed by atoms with Gasteiger partial charge >= 0.3 is 0 Å². The van der Waals surface area contributed by atoms with Crippen molar-refractivity contribution in [2.24, 2.45) is 0 Å². The quantitative estimate of drug-likeness (QED) is 0.687. The molecule has 2 rings (SSSR count). The van der Waals surface area contributed by atoms with E-state index in [2.05, 4.69) is 67.9 Å². The second kappa shape index (κ2) is 3.93. The minimum atomic E-state index is 0.530. The first kappa shape index (κ1) is 10.0. The van der Waals surface area contributed by atoms with Crippen LogP contribution in [0.15, 0.2) is 42.6 Å². The Labute approximate surface area is 91.4 Å². The number of aryl methyl sites for hydroxylation is 1. The SMILES string of the molecule is Cc1cc(-c2ccccc2)cn1C(C)C. The smallest absolute Gasteiger partial charge is 0.0276 e. The molecule has 1 heteroatoms. The average molecular weight is 199 g/mol. The van der Waals surface area contributed by atoms with Crippen molar-refractivity contribution in [1.29, 1.82) is 0 Å². The van der Waals surface area contributed by atoms with E-state index in [1.54, 1.807) is 0 Å².